The van der Waals surface area contributed by atoms with Crippen molar-refractivity contribution < 1.29 is 4.79 Å². The maximum Gasteiger partial charge on any atom is 0.352 e. The Morgan fingerprint density at radius 1 is 1.03 bits per heavy atom. The minimum absolute atomic E-state index is 0.204. The van der Waals surface area contributed by atoms with Crippen molar-refractivity contribution in [2.75, 3.05) is 5.32 Å². The molecule has 2 aromatic carbocycles. The van der Waals surface area contributed by atoms with Gasteiger partial charge in [-0.2, -0.15) is 4.98 Å². The zero-order valence-corrected chi connectivity index (χ0v) is 16.0. The number of aromatic nitrogens is 4. The van der Waals surface area contributed by atoms with E-state index < -0.39 is 5.69 Å². The predicted molar refractivity (Wildman–Crippen MR) is 110 cm³/mol. The van der Waals surface area contributed by atoms with Crippen molar-refractivity contribution in [2.24, 2.45) is 0 Å². The molecular formula is C20H17ClN6O2. The fourth-order valence-electron chi connectivity index (χ4n) is 2.78. The van der Waals surface area contributed by atoms with Gasteiger partial charge in [-0.3, -0.25) is 4.79 Å². The Morgan fingerprint density at radius 2 is 1.79 bits per heavy atom. The number of halogens is 1. The SMILES string of the molecule is O=C(Cn1nc2nc(Nc3ccccc3)ccn2c1=O)NCc1ccccc1Cl. The van der Waals surface area contributed by atoms with E-state index in [1.54, 1.807) is 18.3 Å². The van der Waals surface area contributed by atoms with Crippen molar-refractivity contribution in [1.82, 2.24) is 24.5 Å². The monoisotopic (exact) mass is 408 g/mol. The van der Waals surface area contributed by atoms with Gasteiger partial charge in [0.25, 0.3) is 5.78 Å². The van der Waals surface area contributed by atoms with Gasteiger partial charge in [-0.25, -0.2) is 13.9 Å². The Balaban J connectivity index is 1.47. The van der Waals surface area contributed by atoms with Crippen LogP contribution in [0.2, 0.25) is 5.02 Å². The summed E-state index contributed by atoms with van der Waals surface area (Å²) in [6.45, 7) is 0.0537. The highest BCUT2D eigenvalue weighted by atomic mass is 35.5. The lowest BCUT2D eigenvalue weighted by Gasteiger charge is -2.06. The third-order valence-electron chi connectivity index (χ3n) is 4.23. The fourth-order valence-corrected chi connectivity index (χ4v) is 2.98. The molecule has 2 heterocycles. The summed E-state index contributed by atoms with van der Waals surface area (Å²) in [5.41, 5.74) is 1.22. The number of hydrogen-bond donors (Lipinski definition) is 2. The molecule has 29 heavy (non-hydrogen) atoms. The Bertz CT molecular complexity index is 1220. The second-order valence-electron chi connectivity index (χ2n) is 6.28. The molecule has 0 saturated heterocycles. The van der Waals surface area contributed by atoms with Gasteiger partial charge >= 0.3 is 5.69 Å². The molecule has 4 rings (SSSR count). The average molecular weight is 409 g/mol. The van der Waals surface area contributed by atoms with Crippen molar-refractivity contribution in [3.8, 4) is 0 Å². The maximum atomic E-state index is 12.5. The first-order valence-corrected chi connectivity index (χ1v) is 9.26. The number of nitrogens with one attached hydrogen (secondary N) is 2. The van der Waals surface area contributed by atoms with Crippen LogP contribution in [-0.2, 0) is 17.9 Å². The van der Waals surface area contributed by atoms with E-state index in [1.165, 1.54) is 4.40 Å². The van der Waals surface area contributed by atoms with Gasteiger partial charge < -0.3 is 10.6 Å². The van der Waals surface area contributed by atoms with Crippen molar-refractivity contribution in [2.45, 2.75) is 13.1 Å². The van der Waals surface area contributed by atoms with E-state index in [2.05, 4.69) is 20.7 Å². The minimum atomic E-state index is -0.438. The lowest BCUT2D eigenvalue weighted by molar-refractivity contribution is -0.122. The predicted octanol–water partition coefficient (Wildman–Crippen LogP) is 2.60. The molecule has 2 N–H and O–H groups in total. The Morgan fingerprint density at radius 3 is 2.59 bits per heavy atom. The molecule has 1 amide bonds. The molecular weight excluding hydrogens is 392 g/mol. The Labute approximate surface area is 170 Å². The van der Waals surface area contributed by atoms with Crippen LogP contribution in [0.4, 0.5) is 11.5 Å². The first kappa shape index (κ1) is 18.7. The molecule has 0 bridgehead atoms. The number of anilines is 2. The number of fused-ring (bicyclic) bond motifs is 1. The lowest BCUT2D eigenvalue weighted by Crippen LogP contribution is -2.32. The molecule has 0 atom stereocenters. The third-order valence-corrected chi connectivity index (χ3v) is 4.60. The molecule has 146 valence electrons. The van der Waals surface area contributed by atoms with Gasteiger partial charge in [0, 0.05) is 23.5 Å². The van der Waals surface area contributed by atoms with Gasteiger partial charge in [0.15, 0.2) is 0 Å². The summed E-state index contributed by atoms with van der Waals surface area (Å²) < 4.78 is 2.37. The molecule has 2 aromatic heterocycles. The van der Waals surface area contributed by atoms with E-state index in [1.807, 2.05) is 48.5 Å². The van der Waals surface area contributed by atoms with Crippen LogP contribution < -0.4 is 16.3 Å². The number of rotatable bonds is 6. The average Bonchev–Trinajstić information content (AvgIpc) is 3.03. The first-order valence-electron chi connectivity index (χ1n) is 8.88. The summed E-state index contributed by atoms with van der Waals surface area (Å²) in [5.74, 6) is 0.400. The molecule has 0 aliphatic carbocycles. The molecule has 0 fully saturated rings. The number of benzene rings is 2. The van der Waals surface area contributed by atoms with Crippen LogP contribution in [0.15, 0.2) is 71.7 Å². The van der Waals surface area contributed by atoms with Gasteiger partial charge in [-0.05, 0) is 29.8 Å². The van der Waals surface area contributed by atoms with E-state index in [9.17, 15) is 9.59 Å². The van der Waals surface area contributed by atoms with Crippen molar-refractivity contribution in [3.05, 3.63) is 87.9 Å². The smallest absolute Gasteiger partial charge is 0.350 e. The van der Waals surface area contributed by atoms with Gasteiger partial charge in [0.05, 0.1) is 0 Å². The van der Waals surface area contributed by atoms with Crippen LogP contribution in [0.1, 0.15) is 5.56 Å². The van der Waals surface area contributed by atoms with Gasteiger partial charge in [-0.15, -0.1) is 5.10 Å². The summed E-state index contributed by atoms with van der Waals surface area (Å²) in [4.78, 5) is 29.0. The van der Waals surface area contributed by atoms with E-state index in [0.717, 1.165) is 15.9 Å². The topological polar surface area (TPSA) is 93.3 Å². The lowest BCUT2D eigenvalue weighted by atomic mass is 10.2. The Hall–Kier alpha value is -3.65. The van der Waals surface area contributed by atoms with E-state index in [-0.39, 0.29) is 24.8 Å². The standard InChI is InChI=1S/C20H17ClN6O2/c21-16-9-5-4-6-14(16)12-22-18(28)13-27-20(29)26-11-10-17(24-19(26)25-27)23-15-7-2-1-3-8-15/h1-11H,12-13H2,(H,22,28)(H,23,24,25). The summed E-state index contributed by atoms with van der Waals surface area (Å²) in [5, 5.41) is 10.6. The van der Waals surface area contributed by atoms with Crippen LogP contribution in [-0.4, -0.2) is 25.1 Å². The summed E-state index contributed by atoms with van der Waals surface area (Å²) >= 11 is 6.08. The van der Waals surface area contributed by atoms with Crippen LogP contribution in [0.5, 0.6) is 0 Å². The van der Waals surface area contributed by atoms with E-state index >= 15 is 0 Å². The quantitative estimate of drug-likeness (QED) is 0.511. The molecule has 0 spiro atoms. The highest BCUT2D eigenvalue weighted by Gasteiger charge is 2.12. The molecule has 9 heteroatoms. The van der Waals surface area contributed by atoms with Crippen LogP contribution >= 0.6 is 11.6 Å². The normalized spacial score (nSPS) is 10.8. The minimum Gasteiger partial charge on any atom is -0.350 e. The molecule has 4 aromatic rings. The van der Waals surface area contributed by atoms with Crippen LogP contribution in [0, 0.1) is 0 Å². The molecule has 0 aliphatic heterocycles. The Kier molecular flexibility index (Phi) is 5.26. The summed E-state index contributed by atoms with van der Waals surface area (Å²) in [7, 11) is 0. The molecule has 8 nitrogen and oxygen atoms in total. The third kappa shape index (κ3) is 4.27. The highest BCUT2D eigenvalue weighted by molar-refractivity contribution is 6.31. The largest absolute Gasteiger partial charge is 0.352 e. The van der Waals surface area contributed by atoms with Crippen molar-refractivity contribution >= 4 is 34.8 Å². The number of hydrogen-bond acceptors (Lipinski definition) is 5. The molecule has 0 unspecified atom stereocenters. The zero-order chi connectivity index (χ0) is 20.2. The first-order chi connectivity index (χ1) is 14.1. The number of carbonyl (C=O) groups excluding carboxylic acids is 1. The van der Waals surface area contributed by atoms with E-state index in [4.69, 9.17) is 11.6 Å². The van der Waals surface area contributed by atoms with E-state index in [0.29, 0.717) is 10.8 Å². The maximum absolute atomic E-state index is 12.5. The number of nitrogens with zero attached hydrogens (tertiary/aromatic N) is 4. The fraction of sp³-hybridized carbons (Fsp3) is 0.100. The van der Waals surface area contributed by atoms with Crippen molar-refractivity contribution in [3.63, 3.8) is 0 Å². The van der Waals surface area contributed by atoms with Gasteiger partial charge in [0.2, 0.25) is 5.91 Å². The van der Waals surface area contributed by atoms with Gasteiger partial charge in [0.1, 0.15) is 12.4 Å². The van der Waals surface area contributed by atoms with Gasteiger partial charge in [-0.1, -0.05) is 48.0 Å². The highest BCUT2D eigenvalue weighted by Crippen LogP contribution is 2.15. The summed E-state index contributed by atoms with van der Waals surface area (Å²) in [6.07, 6.45) is 1.57. The molecule has 0 radical (unpaired) electrons. The van der Waals surface area contributed by atoms with Crippen molar-refractivity contribution in [1.29, 1.82) is 0 Å². The van der Waals surface area contributed by atoms with Crippen LogP contribution in [0.3, 0.4) is 0 Å². The second kappa shape index (κ2) is 8.15. The zero-order valence-electron chi connectivity index (χ0n) is 15.2. The molecule has 0 saturated carbocycles. The van der Waals surface area contributed by atoms with Crippen LogP contribution in [0.25, 0.3) is 5.78 Å². The summed E-state index contributed by atoms with van der Waals surface area (Å²) in [6, 6.07) is 18.4. The number of amides is 1. The number of carbonyl (C=O) groups is 1. The number of para-hydroxylation sites is 1. The second-order valence-corrected chi connectivity index (χ2v) is 6.69. The molecule has 0 aliphatic rings.